The maximum Gasteiger partial charge on any atom is 0.270 e. The molecule has 3 heterocycles. The Morgan fingerprint density at radius 2 is 1.62 bits per heavy atom. The molecular weight excluding hydrogens is 470 g/mol. The average molecular weight is 494 g/mol. The van der Waals surface area contributed by atoms with Crippen LogP contribution in [0.3, 0.4) is 0 Å². The second-order valence-corrected chi connectivity index (χ2v) is 9.55. The van der Waals surface area contributed by atoms with Gasteiger partial charge in [0.25, 0.3) is 5.69 Å². The summed E-state index contributed by atoms with van der Waals surface area (Å²) >= 11 is 0. The van der Waals surface area contributed by atoms with Gasteiger partial charge in [0.05, 0.1) is 22.8 Å². The number of para-hydroxylation sites is 1. The second-order valence-electron chi connectivity index (χ2n) is 9.55. The molecule has 3 aliphatic rings. The number of hydrogen-bond acceptors (Lipinski definition) is 6. The number of imide groups is 1. The molecule has 2 fully saturated rings. The summed E-state index contributed by atoms with van der Waals surface area (Å²) in [7, 11) is 0. The maximum atomic E-state index is 14.0. The predicted molar refractivity (Wildman–Crippen MR) is 137 cm³/mol. The molecule has 184 valence electrons. The number of carbonyl (C=O) groups is 3. The Bertz CT molecular complexity index is 1470. The van der Waals surface area contributed by atoms with E-state index in [9.17, 15) is 24.5 Å². The summed E-state index contributed by atoms with van der Waals surface area (Å²) in [5, 5.41) is 11.4. The average Bonchev–Trinajstić information content (AvgIpc) is 3.40. The number of benzene rings is 3. The summed E-state index contributed by atoms with van der Waals surface area (Å²) in [6, 6.07) is 21.3. The highest BCUT2D eigenvalue weighted by atomic mass is 16.6. The van der Waals surface area contributed by atoms with Gasteiger partial charge in [-0.15, -0.1) is 0 Å². The summed E-state index contributed by atoms with van der Waals surface area (Å²) in [5.41, 5.74) is 2.61. The van der Waals surface area contributed by atoms with Gasteiger partial charge in [0.15, 0.2) is 5.78 Å². The standard InChI is InChI=1S/C29H23N3O5/c33-27(20-10-6-11-21(17-20)32(36)37)26-25-24(23-14-13-19-9-4-5-12-22(19)31(23)26)28(34)30(29(25)35)16-15-18-7-2-1-3-8-18/h1-14,17,23-26H,15-16H2/t23-,24+,25-,26+/m1/s1. The first-order chi connectivity index (χ1) is 18.0. The van der Waals surface area contributed by atoms with Crippen LogP contribution in [0.15, 0.2) is 84.9 Å². The maximum absolute atomic E-state index is 14.0. The minimum absolute atomic E-state index is 0.147. The lowest BCUT2D eigenvalue weighted by atomic mass is 9.86. The van der Waals surface area contributed by atoms with E-state index in [1.165, 1.54) is 29.2 Å². The van der Waals surface area contributed by atoms with Gasteiger partial charge in [-0.05, 0) is 23.6 Å². The lowest BCUT2D eigenvalue weighted by molar-refractivity contribution is -0.384. The molecule has 0 radical (unpaired) electrons. The second kappa shape index (κ2) is 8.81. The predicted octanol–water partition coefficient (Wildman–Crippen LogP) is 3.91. The fourth-order valence-corrected chi connectivity index (χ4v) is 5.92. The molecule has 0 spiro atoms. The molecule has 2 amide bonds. The molecule has 3 aromatic carbocycles. The van der Waals surface area contributed by atoms with Crippen LogP contribution in [0.5, 0.6) is 0 Å². The molecule has 4 atom stereocenters. The van der Waals surface area contributed by atoms with Crippen molar-refractivity contribution in [3.05, 3.63) is 112 Å². The number of nitrogens with zero attached hydrogens (tertiary/aromatic N) is 3. The van der Waals surface area contributed by atoms with Crippen LogP contribution in [-0.2, 0) is 16.0 Å². The van der Waals surface area contributed by atoms with Gasteiger partial charge in [-0.2, -0.15) is 0 Å². The normalized spacial score (nSPS) is 23.6. The van der Waals surface area contributed by atoms with Gasteiger partial charge in [0.1, 0.15) is 6.04 Å². The number of anilines is 1. The number of hydrogen-bond donors (Lipinski definition) is 0. The molecule has 0 bridgehead atoms. The van der Waals surface area contributed by atoms with Crippen molar-refractivity contribution in [2.75, 3.05) is 11.4 Å². The van der Waals surface area contributed by atoms with Crippen LogP contribution in [0.2, 0.25) is 0 Å². The summed E-state index contributed by atoms with van der Waals surface area (Å²) in [6.45, 7) is 0.236. The first-order valence-electron chi connectivity index (χ1n) is 12.2. The van der Waals surface area contributed by atoms with Gasteiger partial charge in [-0.1, -0.05) is 72.8 Å². The van der Waals surface area contributed by atoms with Crippen LogP contribution in [-0.4, -0.2) is 46.0 Å². The molecule has 2 saturated heterocycles. The Kier molecular flexibility index (Phi) is 5.44. The van der Waals surface area contributed by atoms with Crippen molar-refractivity contribution in [1.82, 2.24) is 4.90 Å². The number of ketones is 1. The van der Waals surface area contributed by atoms with Crippen LogP contribution in [0.4, 0.5) is 11.4 Å². The summed E-state index contributed by atoms with van der Waals surface area (Å²) in [6.07, 6.45) is 4.35. The lowest BCUT2D eigenvalue weighted by Gasteiger charge is -2.36. The van der Waals surface area contributed by atoms with Crippen molar-refractivity contribution in [2.45, 2.75) is 18.5 Å². The van der Waals surface area contributed by atoms with E-state index in [0.717, 1.165) is 16.8 Å². The van der Waals surface area contributed by atoms with Gasteiger partial charge in [-0.25, -0.2) is 0 Å². The van der Waals surface area contributed by atoms with Gasteiger partial charge < -0.3 is 4.90 Å². The quantitative estimate of drug-likeness (QED) is 0.223. The van der Waals surface area contributed by atoms with Gasteiger partial charge in [0, 0.05) is 29.9 Å². The van der Waals surface area contributed by atoms with E-state index in [2.05, 4.69) is 0 Å². The first kappa shape index (κ1) is 22.8. The number of likely N-dealkylation sites (tertiary alicyclic amines) is 1. The molecular formula is C29H23N3O5. The van der Waals surface area contributed by atoms with Gasteiger partial charge in [-0.3, -0.25) is 29.4 Å². The number of nitro benzene ring substituents is 1. The van der Waals surface area contributed by atoms with E-state index in [-0.39, 0.29) is 29.6 Å². The van der Waals surface area contributed by atoms with E-state index in [4.69, 9.17) is 0 Å². The number of carbonyl (C=O) groups excluding carboxylic acids is 3. The number of Topliss-reactive ketones (excluding diaryl/α,β-unsaturated/α-hetero) is 1. The molecule has 8 heteroatoms. The van der Waals surface area contributed by atoms with Crippen LogP contribution in [0.1, 0.15) is 21.5 Å². The molecule has 0 unspecified atom stereocenters. The molecule has 0 aromatic heterocycles. The fourth-order valence-electron chi connectivity index (χ4n) is 5.92. The Balaban J connectivity index is 1.40. The van der Waals surface area contributed by atoms with Crippen LogP contribution >= 0.6 is 0 Å². The number of fused-ring (bicyclic) bond motifs is 5. The summed E-state index contributed by atoms with van der Waals surface area (Å²) in [5.74, 6) is -2.64. The number of nitro groups is 1. The monoisotopic (exact) mass is 493 g/mol. The van der Waals surface area contributed by atoms with Crippen molar-refractivity contribution in [1.29, 1.82) is 0 Å². The Labute approximate surface area is 213 Å². The third-order valence-electron chi connectivity index (χ3n) is 7.58. The highest BCUT2D eigenvalue weighted by Gasteiger charge is 2.63. The first-order valence-corrected chi connectivity index (χ1v) is 12.2. The van der Waals surface area contributed by atoms with Crippen molar-refractivity contribution < 1.29 is 19.3 Å². The SMILES string of the molecule is O=C(c1cccc([N+](=O)[O-])c1)[C@@H]1[C@@H]2C(=O)N(CCc3ccccc3)C(=O)[C@H]2[C@H]2C=Cc3ccccc3N21. The molecule has 0 aliphatic carbocycles. The molecule has 3 aromatic rings. The zero-order chi connectivity index (χ0) is 25.7. The summed E-state index contributed by atoms with van der Waals surface area (Å²) in [4.78, 5) is 55.4. The number of amides is 2. The van der Waals surface area contributed by atoms with E-state index in [0.29, 0.717) is 6.42 Å². The van der Waals surface area contributed by atoms with Crippen molar-refractivity contribution in [3.8, 4) is 0 Å². The van der Waals surface area contributed by atoms with Crippen LogP contribution in [0, 0.1) is 22.0 Å². The fraction of sp³-hybridized carbons (Fsp3) is 0.207. The Morgan fingerprint density at radius 3 is 2.41 bits per heavy atom. The lowest BCUT2D eigenvalue weighted by Crippen LogP contribution is -2.49. The highest BCUT2D eigenvalue weighted by Crippen LogP contribution is 2.49. The third-order valence-corrected chi connectivity index (χ3v) is 7.58. The van der Waals surface area contributed by atoms with Crippen molar-refractivity contribution in [3.63, 3.8) is 0 Å². The molecule has 8 nitrogen and oxygen atoms in total. The van der Waals surface area contributed by atoms with Gasteiger partial charge in [0.2, 0.25) is 11.8 Å². The zero-order valence-corrected chi connectivity index (χ0v) is 19.8. The smallest absolute Gasteiger partial charge is 0.270 e. The molecule has 37 heavy (non-hydrogen) atoms. The molecule has 0 saturated carbocycles. The minimum Gasteiger partial charge on any atom is -0.352 e. The Hall–Kier alpha value is -4.59. The summed E-state index contributed by atoms with van der Waals surface area (Å²) < 4.78 is 0. The van der Waals surface area contributed by atoms with E-state index >= 15 is 0 Å². The largest absolute Gasteiger partial charge is 0.352 e. The number of non-ortho nitro benzene ring substituents is 1. The molecule has 6 rings (SSSR count). The zero-order valence-electron chi connectivity index (χ0n) is 19.8. The Morgan fingerprint density at radius 1 is 0.892 bits per heavy atom. The van der Waals surface area contributed by atoms with Crippen LogP contribution < -0.4 is 4.90 Å². The minimum atomic E-state index is -0.957. The van der Waals surface area contributed by atoms with E-state index in [1.807, 2.05) is 71.6 Å². The highest BCUT2D eigenvalue weighted by molar-refractivity contribution is 6.14. The molecule has 3 aliphatic heterocycles. The third kappa shape index (κ3) is 3.64. The number of rotatable bonds is 6. The molecule has 0 N–H and O–H groups in total. The van der Waals surface area contributed by atoms with Crippen molar-refractivity contribution in [2.24, 2.45) is 11.8 Å². The van der Waals surface area contributed by atoms with Gasteiger partial charge >= 0.3 is 0 Å². The van der Waals surface area contributed by atoms with E-state index < -0.39 is 34.6 Å². The van der Waals surface area contributed by atoms with Crippen LogP contribution in [0.25, 0.3) is 6.08 Å². The topological polar surface area (TPSA) is 101 Å². The van der Waals surface area contributed by atoms with Crippen molar-refractivity contribution >= 4 is 35.0 Å². The van der Waals surface area contributed by atoms with E-state index in [1.54, 1.807) is 0 Å².